The lowest BCUT2D eigenvalue weighted by atomic mass is 9.84. The highest BCUT2D eigenvalue weighted by Crippen LogP contribution is 2.32. The fraction of sp³-hybridized carbons (Fsp3) is 0.600. The maximum absolute atomic E-state index is 6.08. The molecule has 1 unspecified atom stereocenters. The summed E-state index contributed by atoms with van der Waals surface area (Å²) in [5.41, 5.74) is 7.79. The summed E-state index contributed by atoms with van der Waals surface area (Å²) in [6.45, 7) is 2.26. The van der Waals surface area contributed by atoms with Gasteiger partial charge >= 0.3 is 0 Å². The van der Waals surface area contributed by atoms with Gasteiger partial charge in [-0.2, -0.15) is 0 Å². The Kier molecular flexibility index (Phi) is 4.34. The van der Waals surface area contributed by atoms with Crippen molar-refractivity contribution in [2.24, 2.45) is 5.92 Å². The molecule has 1 aliphatic rings. The maximum Gasteiger partial charge on any atom is 0.143 e. The van der Waals surface area contributed by atoms with Gasteiger partial charge in [0.05, 0.1) is 18.5 Å². The predicted octanol–water partition coefficient (Wildman–Crippen LogP) is 3.66. The van der Waals surface area contributed by atoms with Crippen molar-refractivity contribution >= 4 is 11.4 Å². The fourth-order valence-electron chi connectivity index (χ4n) is 2.85. The summed E-state index contributed by atoms with van der Waals surface area (Å²) in [5.74, 6) is 1.51. The molecule has 1 fully saturated rings. The minimum absolute atomic E-state index is 0.472. The van der Waals surface area contributed by atoms with Crippen molar-refractivity contribution in [1.29, 1.82) is 0 Å². The molecule has 2 rings (SSSR count). The molecule has 0 radical (unpaired) electrons. The number of ether oxygens (including phenoxy) is 1. The van der Waals surface area contributed by atoms with Crippen molar-refractivity contribution in [3.8, 4) is 5.75 Å². The second-order valence-corrected chi connectivity index (χ2v) is 5.25. The van der Waals surface area contributed by atoms with E-state index in [1.807, 2.05) is 18.2 Å². The molecule has 0 saturated heterocycles. The van der Waals surface area contributed by atoms with Gasteiger partial charge in [0.25, 0.3) is 0 Å². The van der Waals surface area contributed by atoms with E-state index in [-0.39, 0.29) is 0 Å². The average molecular weight is 248 g/mol. The van der Waals surface area contributed by atoms with E-state index in [2.05, 4.69) is 12.2 Å². The van der Waals surface area contributed by atoms with Gasteiger partial charge in [-0.3, -0.25) is 0 Å². The number of anilines is 2. The number of hydrogen-bond acceptors (Lipinski definition) is 3. The first kappa shape index (κ1) is 13.1. The Balaban J connectivity index is 2.04. The molecular formula is C15H24N2O. The molecule has 3 N–H and O–H groups in total. The van der Waals surface area contributed by atoms with Crippen LogP contribution in [0.3, 0.4) is 0 Å². The summed E-state index contributed by atoms with van der Waals surface area (Å²) in [5, 5.41) is 3.55. The number of methoxy groups -OCH3 is 1. The Hall–Kier alpha value is -1.38. The van der Waals surface area contributed by atoms with E-state index < -0.39 is 0 Å². The number of benzene rings is 1. The van der Waals surface area contributed by atoms with Gasteiger partial charge in [0.15, 0.2) is 0 Å². The van der Waals surface area contributed by atoms with Crippen LogP contribution >= 0.6 is 0 Å². The highest BCUT2D eigenvalue weighted by molar-refractivity contribution is 5.73. The number of rotatable bonds is 4. The molecule has 100 valence electrons. The molecule has 0 bridgehead atoms. The lowest BCUT2D eigenvalue weighted by Crippen LogP contribution is -2.28. The minimum Gasteiger partial charge on any atom is -0.495 e. The third-order valence-electron chi connectivity index (χ3n) is 4.03. The van der Waals surface area contributed by atoms with Crippen LogP contribution < -0.4 is 15.8 Å². The second-order valence-electron chi connectivity index (χ2n) is 5.25. The lowest BCUT2D eigenvalue weighted by Gasteiger charge is -2.29. The first-order valence-corrected chi connectivity index (χ1v) is 6.91. The zero-order valence-electron chi connectivity index (χ0n) is 11.4. The Bertz CT molecular complexity index is 386. The van der Waals surface area contributed by atoms with E-state index in [1.165, 1.54) is 32.1 Å². The van der Waals surface area contributed by atoms with Crippen molar-refractivity contribution in [3.63, 3.8) is 0 Å². The van der Waals surface area contributed by atoms with Gasteiger partial charge in [0, 0.05) is 6.04 Å². The van der Waals surface area contributed by atoms with E-state index >= 15 is 0 Å². The van der Waals surface area contributed by atoms with Gasteiger partial charge in [-0.1, -0.05) is 25.3 Å². The van der Waals surface area contributed by atoms with Gasteiger partial charge in [-0.25, -0.2) is 0 Å². The van der Waals surface area contributed by atoms with Crippen molar-refractivity contribution in [3.05, 3.63) is 18.2 Å². The number of nitrogen functional groups attached to an aromatic ring is 1. The zero-order chi connectivity index (χ0) is 13.0. The largest absolute Gasteiger partial charge is 0.495 e. The number of para-hydroxylation sites is 1. The van der Waals surface area contributed by atoms with Crippen LogP contribution in [0.1, 0.15) is 39.0 Å². The normalized spacial score (nSPS) is 18.3. The number of hydrogen-bond donors (Lipinski definition) is 2. The maximum atomic E-state index is 6.08. The summed E-state index contributed by atoms with van der Waals surface area (Å²) in [6, 6.07) is 6.37. The summed E-state index contributed by atoms with van der Waals surface area (Å²) >= 11 is 0. The quantitative estimate of drug-likeness (QED) is 0.799. The molecule has 1 atom stereocenters. The molecule has 18 heavy (non-hydrogen) atoms. The molecule has 1 aliphatic carbocycles. The van der Waals surface area contributed by atoms with Crippen LogP contribution in [0, 0.1) is 5.92 Å². The minimum atomic E-state index is 0.472. The van der Waals surface area contributed by atoms with Crippen molar-refractivity contribution in [1.82, 2.24) is 0 Å². The van der Waals surface area contributed by atoms with Crippen molar-refractivity contribution < 1.29 is 4.74 Å². The molecule has 0 heterocycles. The summed E-state index contributed by atoms with van der Waals surface area (Å²) in [6.07, 6.45) is 6.79. The van der Waals surface area contributed by atoms with E-state index in [0.717, 1.165) is 17.4 Å². The first-order valence-electron chi connectivity index (χ1n) is 6.91. The Morgan fingerprint density at radius 1 is 1.28 bits per heavy atom. The highest BCUT2D eigenvalue weighted by Gasteiger charge is 2.20. The molecule has 0 aromatic heterocycles. The Labute approximate surface area is 110 Å². The van der Waals surface area contributed by atoms with Crippen molar-refractivity contribution in [2.45, 2.75) is 45.1 Å². The van der Waals surface area contributed by atoms with E-state index in [0.29, 0.717) is 11.7 Å². The molecule has 3 heteroatoms. The standard InChI is InChI=1S/C15H24N2O/c1-11(12-7-4-3-5-8-12)17-13-9-6-10-14(18-2)15(13)16/h6,9-12,17H,3-5,7-8,16H2,1-2H3. The van der Waals surface area contributed by atoms with Crippen molar-refractivity contribution in [2.75, 3.05) is 18.2 Å². The Morgan fingerprint density at radius 2 is 2.00 bits per heavy atom. The van der Waals surface area contributed by atoms with Gasteiger partial charge < -0.3 is 15.8 Å². The third kappa shape index (κ3) is 2.89. The van der Waals surface area contributed by atoms with E-state index in [9.17, 15) is 0 Å². The molecule has 0 aliphatic heterocycles. The molecule has 1 aromatic carbocycles. The fourth-order valence-corrected chi connectivity index (χ4v) is 2.85. The monoisotopic (exact) mass is 248 g/mol. The lowest BCUT2D eigenvalue weighted by molar-refractivity contribution is 0.328. The Morgan fingerprint density at radius 3 is 2.67 bits per heavy atom. The molecule has 1 saturated carbocycles. The highest BCUT2D eigenvalue weighted by atomic mass is 16.5. The topological polar surface area (TPSA) is 47.3 Å². The predicted molar refractivity (Wildman–Crippen MR) is 77.1 cm³/mol. The van der Waals surface area contributed by atoms with Crippen LogP contribution in [0.5, 0.6) is 5.75 Å². The molecule has 1 aromatic rings. The van der Waals surface area contributed by atoms with E-state index in [4.69, 9.17) is 10.5 Å². The number of nitrogens with one attached hydrogen (secondary N) is 1. The van der Waals surface area contributed by atoms with Gasteiger partial charge in [0.1, 0.15) is 5.75 Å². The smallest absolute Gasteiger partial charge is 0.143 e. The van der Waals surface area contributed by atoms with Crippen LogP contribution in [-0.4, -0.2) is 13.2 Å². The molecule has 0 spiro atoms. The molecule has 0 amide bonds. The summed E-state index contributed by atoms with van der Waals surface area (Å²) < 4.78 is 5.25. The number of nitrogens with two attached hydrogens (primary N) is 1. The average Bonchev–Trinajstić information content (AvgIpc) is 2.42. The van der Waals surface area contributed by atoms with Gasteiger partial charge in [-0.05, 0) is 37.8 Å². The van der Waals surface area contributed by atoms with Gasteiger partial charge in [-0.15, -0.1) is 0 Å². The zero-order valence-corrected chi connectivity index (χ0v) is 11.4. The van der Waals surface area contributed by atoms with Crippen LogP contribution in [0.25, 0.3) is 0 Å². The van der Waals surface area contributed by atoms with E-state index in [1.54, 1.807) is 7.11 Å². The summed E-state index contributed by atoms with van der Waals surface area (Å²) in [7, 11) is 1.65. The van der Waals surface area contributed by atoms with Crippen LogP contribution in [0.2, 0.25) is 0 Å². The van der Waals surface area contributed by atoms with Crippen LogP contribution in [-0.2, 0) is 0 Å². The SMILES string of the molecule is COc1cccc(NC(C)C2CCCCC2)c1N. The van der Waals surface area contributed by atoms with Crippen LogP contribution in [0.15, 0.2) is 18.2 Å². The summed E-state index contributed by atoms with van der Waals surface area (Å²) in [4.78, 5) is 0. The third-order valence-corrected chi connectivity index (χ3v) is 4.03. The molecule has 3 nitrogen and oxygen atoms in total. The van der Waals surface area contributed by atoms with Crippen LogP contribution in [0.4, 0.5) is 11.4 Å². The second kappa shape index (κ2) is 5.98. The van der Waals surface area contributed by atoms with Gasteiger partial charge in [0.2, 0.25) is 0 Å². The first-order chi connectivity index (χ1) is 8.72. The molecular weight excluding hydrogens is 224 g/mol.